The zero-order chi connectivity index (χ0) is 13.7. The summed E-state index contributed by atoms with van der Waals surface area (Å²) in [5.41, 5.74) is 1.14. The number of benzene rings is 2. The maximum Gasteiger partial charge on any atom is 0.150 e. The molecule has 2 nitrogen and oxygen atoms in total. The fourth-order valence-electron chi connectivity index (χ4n) is 1.62. The second-order valence-corrected chi connectivity index (χ2v) is 4.92. The van der Waals surface area contributed by atoms with Crippen molar-refractivity contribution < 1.29 is 9.18 Å². The highest BCUT2D eigenvalue weighted by Crippen LogP contribution is 2.25. The molecule has 0 saturated heterocycles. The van der Waals surface area contributed by atoms with E-state index in [0.29, 0.717) is 16.9 Å². The number of nitriles is 1. The van der Waals surface area contributed by atoms with Gasteiger partial charge in [-0.2, -0.15) is 5.26 Å². The van der Waals surface area contributed by atoms with E-state index in [1.165, 1.54) is 17.8 Å². The van der Waals surface area contributed by atoms with E-state index >= 15 is 0 Å². The quantitative estimate of drug-likeness (QED) is 0.627. The SMILES string of the molecule is N#Cc1cccc(CSc2cccc(C=O)c2)c1F. The minimum atomic E-state index is -0.468. The number of hydrogen-bond acceptors (Lipinski definition) is 3. The molecule has 4 heteroatoms. The van der Waals surface area contributed by atoms with Crippen molar-refractivity contribution in [2.24, 2.45) is 0 Å². The minimum absolute atomic E-state index is 0.0553. The first kappa shape index (κ1) is 13.3. The number of aldehydes is 1. The highest BCUT2D eigenvalue weighted by atomic mass is 32.2. The van der Waals surface area contributed by atoms with E-state index in [-0.39, 0.29) is 5.56 Å². The van der Waals surface area contributed by atoms with E-state index in [2.05, 4.69) is 0 Å². The van der Waals surface area contributed by atoms with Crippen molar-refractivity contribution in [1.29, 1.82) is 5.26 Å². The van der Waals surface area contributed by atoms with Gasteiger partial charge in [-0.1, -0.05) is 24.3 Å². The molecule has 0 spiro atoms. The van der Waals surface area contributed by atoms with Gasteiger partial charge in [-0.25, -0.2) is 4.39 Å². The summed E-state index contributed by atoms with van der Waals surface area (Å²) in [6, 6.07) is 13.7. The number of carbonyl (C=O) groups excluding carboxylic acids is 1. The Morgan fingerprint density at radius 2 is 2.05 bits per heavy atom. The molecular weight excluding hydrogens is 261 g/mol. The number of hydrogen-bond donors (Lipinski definition) is 0. The Kier molecular flexibility index (Phi) is 4.32. The summed E-state index contributed by atoms with van der Waals surface area (Å²) in [5, 5.41) is 8.76. The first-order chi connectivity index (χ1) is 9.24. The molecule has 0 unspecified atom stereocenters. The molecule has 0 aliphatic carbocycles. The van der Waals surface area contributed by atoms with Gasteiger partial charge < -0.3 is 0 Å². The molecule has 0 atom stereocenters. The third-order valence-electron chi connectivity index (χ3n) is 2.59. The number of thioether (sulfide) groups is 1. The molecule has 0 aliphatic rings. The van der Waals surface area contributed by atoms with Crippen molar-refractivity contribution in [2.75, 3.05) is 0 Å². The van der Waals surface area contributed by atoms with Crippen LogP contribution in [0.4, 0.5) is 4.39 Å². The standard InChI is InChI=1S/C15H10FNOS/c16-15-12(8-17)4-2-5-13(15)10-19-14-6-1-3-11(7-14)9-18/h1-7,9H,10H2. The van der Waals surface area contributed by atoms with Gasteiger partial charge in [-0.3, -0.25) is 4.79 Å². The molecule has 94 valence electrons. The second kappa shape index (κ2) is 6.17. The zero-order valence-corrected chi connectivity index (χ0v) is 10.8. The topological polar surface area (TPSA) is 40.9 Å². The van der Waals surface area contributed by atoms with Crippen LogP contribution < -0.4 is 0 Å². The number of rotatable bonds is 4. The van der Waals surface area contributed by atoms with E-state index in [9.17, 15) is 9.18 Å². The van der Waals surface area contributed by atoms with Crippen LogP contribution in [0.2, 0.25) is 0 Å². The molecule has 2 aromatic rings. The van der Waals surface area contributed by atoms with Crippen LogP contribution in [0.25, 0.3) is 0 Å². The highest BCUT2D eigenvalue weighted by Gasteiger charge is 2.07. The van der Waals surface area contributed by atoms with Crippen LogP contribution in [0.1, 0.15) is 21.5 Å². The van der Waals surface area contributed by atoms with Gasteiger partial charge in [0.05, 0.1) is 5.56 Å². The van der Waals surface area contributed by atoms with Gasteiger partial charge in [-0.05, 0) is 23.8 Å². The molecule has 0 heterocycles. The summed E-state index contributed by atoms with van der Waals surface area (Å²) in [5.74, 6) is -0.0482. The Balaban J connectivity index is 2.15. The first-order valence-electron chi connectivity index (χ1n) is 5.60. The molecule has 0 saturated carbocycles. The maximum atomic E-state index is 13.8. The normalized spacial score (nSPS) is 9.89. The Morgan fingerprint density at radius 3 is 2.79 bits per heavy atom. The van der Waals surface area contributed by atoms with Crippen molar-refractivity contribution in [1.82, 2.24) is 0 Å². The van der Waals surface area contributed by atoms with E-state index in [4.69, 9.17) is 5.26 Å². The van der Waals surface area contributed by atoms with Crippen molar-refractivity contribution in [3.8, 4) is 6.07 Å². The summed E-state index contributed by atoms with van der Waals surface area (Å²) in [6.07, 6.45) is 0.779. The third kappa shape index (κ3) is 3.21. The molecule has 0 N–H and O–H groups in total. The average Bonchev–Trinajstić information content (AvgIpc) is 2.46. The Labute approximate surface area is 114 Å². The Morgan fingerprint density at radius 1 is 1.26 bits per heavy atom. The molecule has 19 heavy (non-hydrogen) atoms. The van der Waals surface area contributed by atoms with Crippen LogP contribution in [0.3, 0.4) is 0 Å². The highest BCUT2D eigenvalue weighted by molar-refractivity contribution is 7.98. The lowest BCUT2D eigenvalue weighted by atomic mass is 10.1. The maximum absolute atomic E-state index is 13.8. The molecule has 0 bridgehead atoms. The minimum Gasteiger partial charge on any atom is -0.298 e. The van der Waals surface area contributed by atoms with Gasteiger partial charge in [0.2, 0.25) is 0 Å². The lowest BCUT2D eigenvalue weighted by Crippen LogP contribution is -1.91. The number of halogens is 1. The van der Waals surface area contributed by atoms with Gasteiger partial charge in [0, 0.05) is 16.2 Å². The smallest absolute Gasteiger partial charge is 0.150 e. The van der Waals surface area contributed by atoms with Crippen LogP contribution in [0.15, 0.2) is 47.4 Å². The van der Waals surface area contributed by atoms with Gasteiger partial charge >= 0.3 is 0 Å². The largest absolute Gasteiger partial charge is 0.298 e. The lowest BCUT2D eigenvalue weighted by molar-refractivity contribution is 0.112. The van der Waals surface area contributed by atoms with E-state index in [1.807, 2.05) is 12.1 Å². The summed E-state index contributed by atoms with van der Waals surface area (Å²) >= 11 is 1.43. The van der Waals surface area contributed by atoms with Crippen molar-refractivity contribution in [3.63, 3.8) is 0 Å². The van der Waals surface area contributed by atoms with E-state index < -0.39 is 5.82 Å². The van der Waals surface area contributed by atoms with Gasteiger partial charge in [0.15, 0.2) is 0 Å². The number of carbonyl (C=O) groups is 1. The molecule has 0 amide bonds. The monoisotopic (exact) mass is 271 g/mol. The fraction of sp³-hybridized carbons (Fsp3) is 0.0667. The summed E-state index contributed by atoms with van der Waals surface area (Å²) in [7, 11) is 0. The van der Waals surface area contributed by atoms with E-state index in [1.54, 1.807) is 30.3 Å². The van der Waals surface area contributed by atoms with Crippen LogP contribution in [-0.2, 0) is 5.75 Å². The zero-order valence-electron chi connectivity index (χ0n) is 9.97. The van der Waals surface area contributed by atoms with Crippen LogP contribution in [0.5, 0.6) is 0 Å². The van der Waals surface area contributed by atoms with Gasteiger partial charge in [-0.15, -0.1) is 11.8 Å². The molecule has 0 fully saturated rings. The predicted octanol–water partition coefficient (Wildman–Crippen LogP) is 3.80. The van der Waals surface area contributed by atoms with Crippen LogP contribution in [0, 0.1) is 17.1 Å². The molecule has 0 aliphatic heterocycles. The van der Waals surface area contributed by atoms with Crippen LogP contribution >= 0.6 is 11.8 Å². The fourth-order valence-corrected chi connectivity index (χ4v) is 2.56. The molecule has 2 aromatic carbocycles. The molecular formula is C15H10FNOS. The summed E-state index contributed by atoms with van der Waals surface area (Å²) in [4.78, 5) is 11.6. The summed E-state index contributed by atoms with van der Waals surface area (Å²) < 4.78 is 13.8. The lowest BCUT2D eigenvalue weighted by Gasteiger charge is -2.05. The average molecular weight is 271 g/mol. The van der Waals surface area contributed by atoms with Crippen molar-refractivity contribution in [3.05, 3.63) is 65.0 Å². The Hall–Kier alpha value is -2.12. The summed E-state index contributed by atoms with van der Waals surface area (Å²) in [6.45, 7) is 0. The van der Waals surface area contributed by atoms with E-state index in [0.717, 1.165) is 11.2 Å². The van der Waals surface area contributed by atoms with Gasteiger partial charge in [0.25, 0.3) is 0 Å². The molecule has 2 rings (SSSR count). The second-order valence-electron chi connectivity index (χ2n) is 3.87. The third-order valence-corrected chi connectivity index (χ3v) is 3.63. The predicted molar refractivity (Wildman–Crippen MR) is 72.5 cm³/mol. The van der Waals surface area contributed by atoms with Crippen molar-refractivity contribution in [2.45, 2.75) is 10.6 Å². The molecule has 0 aromatic heterocycles. The Bertz CT molecular complexity index is 649. The molecule has 0 radical (unpaired) electrons. The number of nitrogens with zero attached hydrogens (tertiary/aromatic N) is 1. The van der Waals surface area contributed by atoms with Crippen molar-refractivity contribution >= 4 is 18.0 Å². The first-order valence-corrected chi connectivity index (χ1v) is 6.58. The van der Waals surface area contributed by atoms with Crippen LogP contribution in [-0.4, -0.2) is 6.29 Å². The van der Waals surface area contributed by atoms with Gasteiger partial charge in [0.1, 0.15) is 18.2 Å².